The number of fused-ring (bicyclic) bond motifs is 3. The van der Waals surface area contributed by atoms with Gasteiger partial charge in [-0.2, -0.15) is 0 Å². The molecule has 600 valence electrons. The zero-order chi connectivity index (χ0) is 79.8. The molecule has 1 aromatic carbocycles. The summed E-state index contributed by atoms with van der Waals surface area (Å²) in [5.41, 5.74) is 44.7. The molecule has 0 radical (unpaired) electrons. The van der Waals surface area contributed by atoms with E-state index in [1.165, 1.54) is 11.3 Å². The Kier molecular flexibility index (Phi) is 39.9. The molecular formula is C64H110BrN31O11S. The number of guanidine groups is 6. The summed E-state index contributed by atoms with van der Waals surface area (Å²) >= 11 is 4.81. The predicted octanol–water partition coefficient (Wildman–Crippen LogP) is -5.90. The highest BCUT2D eigenvalue weighted by Crippen LogP contribution is 2.33. The van der Waals surface area contributed by atoms with Gasteiger partial charge in [0.2, 0.25) is 53.2 Å². The van der Waals surface area contributed by atoms with E-state index >= 15 is 0 Å². The number of hydrogen-bond donors (Lipinski definition) is 30. The third-order valence-electron chi connectivity index (χ3n) is 17.1. The number of carbonyl (C=O) groups is 9. The monoisotopic (exact) mass is 1600 g/mol. The van der Waals surface area contributed by atoms with Gasteiger partial charge in [-0.1, -0.05) is 22.4 Å². The Hall–Kier alpha value is -10.5. The summed E-state index contributed by atoms with van der Waals surface area (Å²) in [6, 6.07) is -4.80. The summed E-state index contributed by atoms with van der Waals surface area (Å²) < 4.78 is 2.18. The number of aliphatic hydroxyl groups excluding tert-OH is 1. The van der Waals surface area contributed by atoms with Crippen LogP contribution in [0, 0.1) is 32.5 Å². The van der Waals surface area contributed by atoms with Gasteiger partial charge in [-0.25, -0.2) is 4.98 Å². The van der Waals surface area contributed by atoms with Gasteiger partial charge < -0.3 is 130 Å². The molecular weight excluding hydrogens is 1490 g/mol. The van der Waals surface area contributed by atoms with Crippen molar-refractivity contribution in [2.45, 2.75) is 189 Å². The van der Waals surface area contributed by atoms with Gasteiger partial charge in [-0.05, 0) is 140 Å². The topological polar surface area (TPSA) is 743 Å². The number of thiophene rings is 1. The number of amides is 9. The molecule has 4 rings (SSSR count). The van der Waals surface area contributed by atoms with Gasteiger partial charge in [-0.3, -0.25) is 85.3 Å². The first-order valence-corrected chi connectivity index (χ1v) is 37.4. The number of aromatic amines is 1. The highest BCUT2D eigenvalue weighted by molar-refractivity contribution is 9.10. The molecule has 9 amide bonds. The van der Waals surface area contributed by atoms with Gasteiger partial charge in [0.15, 0.2) is 35.8 Å². The normalized spacial score (nSPS) is 15.2. The van der Waals surface area contributed by atoms with Crippen LogP contribution in [0.15, 0.2) is 27.5 Å². The fraction of sp³-hybridized carbons (Fsp3) is 0.609. The van der Waals surface area contributed by atoms with Crippen LogP contribution >= 0.6 is 27.3 Å². The standard InChI is InChI=1S/C64H110BrN31O11S/c65-34-20-21-45-36(30-34)48-49(108-45)58(107)95-46(94-48)33-96-32-35(97)31-44(96)57(106)80-23-5-1-2-19-47(98)87-38(13-6-24-81-59(68)69)51(100)89-40(15-8-26-83-61(72)73)53(102)91-42(17-10-28-85-63(76)77)55(104)93-43(18-11-29-86-64(78)79)56(105)92-41(16-9-27-84-62(74)75)54(103)90-39(14-7-25-82-60(70)71)52(101)88-37(50(67)99)12-3-4-22-66/h20-21,30,35,37-44,97H,1-19,22-29,31-33,66H2,(H2,67,99)(H,80,106)(H,87,98)(H,88,101)(H,89,100)(H,90,103)(H,91,102)(H,92,105)(H,93,104)(H4,68,69,81)(H4,70,71,82)(H4,72,73,83)(H4,74,75,84)(H4,76,77,85)(H4,78,79,86)(H,94,95,107)/t35-,37+,38+,39?,40?,41+,42+,43?,44+/m0/s1. The molecule has 44 heteroatoms. The summed E-state index contributed by atoms with van der Waals surface area (Å²) in [5, 5.41) is 94.8. The number of nitrogens with one attached hydrogen (secondary N) is 21. The second kappa shape index (κ2) is 48.0. The lowest BCUT2D eigenvalue weighted by molar-refractivity contribution is -0.136. The zero-order valence-corrected chi connectivity index (χ0v) is 62.9. The molecule has 1 fully saturated rings. The number of nitrogens with zero attached hydrogens (tertiary/aromatic N) is 2. The van der Waals surface area contributed by atoms with Gasteiger partial charge in [0.25, 0.3) is 5.56 Å². The number of nitrogens with two attached hydrogens (primary N) is 8. The average Bonchev–Trinajstić information content (AvgIpc) is 1.62. The van der Waals surface area contributed by atoms with Crippen LogP contribution in [-0.4, -0.2) is 222 Å². The van der Waals surface area contributed by atoms with Crippen LogP contribution < -0.4 is 126 Å². The van der Waals surface area contributed by atoms with E-state index in [-0.39, 0.29) is 185 Å². The first-order valence-electron chi connectivity index (χ1n) is 35.7. The molecule has 0 saturated carbocycles. The van der Waals surface area contributed by atoms with Crippen molar-refractivity contribution >= 4 is 136 Å². The van der Waals surface area contributed by atoms with Crippen molar-refractivity contribution in [1.29, 1.82) is 32.5 Å². The van der Waals surface area contributed by atoms with Gasteiger partial charge in [0, 0.05) is 73.3 Å². The number of primary amides is 1. The zero-order valence-electron chi connectivity index (χ0n) is 60.5. The number of H-pyrrole nitrogens is 1. The highest BCUT2D eigenvalue weighted by atomic mass is 79.9. The minimum Gasteiger partial charge on any atom is -0.392 e. The minimum absolute atomic E-state index is 0.0159. The molecule has 0 aliphatic carbocycles. The quantitative estimate of drug-likeness (QED) is 0.0142. The van der Waals surface area contributed by atoms with Crippen molar-refractivity contribution in [3.8, 4) is 0 Å². The Balaban J connectivity index is 1.54. The van der Waals surface area contributed by atoms with Crippen LogP contribution in [0.3, 0.4) is 0 Å². The van der Waals surface area contributed by atoms with E-state index in [1.54, 1.807) is 4.90 Å². The summed E-state index contributed by atoms with van der Waals surface area (Å²) in [6.07, 6.45) is 1.49. The van der Waals surface area contributed by atoms with E-state index in [1.807, 2.05) is 18.2 Å². The molecule has 108 heavy (non-hydrogen) atoms. The van der Waals surface area contributed by atoms with Crippen LogP contribution in [0.5, 0.6) is 0 Å². The van der Waals surface area contributed by atoms with Crippen molar-refractivity contribution < 1.29 is 48.3 Å². The van der Waals surface area contributed by atoms with Gasteiger partial charge in [0.05, 0.1) is 24.2 Å². The molecule has 0 spiro atoms. The Morgan fingerprint density at radius 3 is 1.26 bits per heavy atom. The molecule has 3 aromatic rings. The first-order chi connectivity index (χ1) is 51.3. The van der Waals surface area contributed by atoms with E-state index < -0.39 is 120 Å². The second-order valence-corrected chi connectivity index (χ2v) is 27.9. The highest BCUT2D eigenvalue weighted by Gasteiger charge is 2.38. The number of aromatic nitrogens is 2. The summed E-state index contributed by atoms with van der Waals surface area (Å²) in [6.45, 7) is 1.12. The summed E-state index contributed by atoms with van der Waals surface area (Å²) in [5.74, 6) is -9.01. The third-order valence-corrected chi connectivity index (χ3v) is 18.7. The molecule has 1 aliphatic heterocycles. The van der Waals surface area contributed by atoms with E-state index in [4.69, 9.17) is 83.3 Å². The number of carbonyl (C=O) groups excluding carboxylic acids is 9. The van der Waals surface area contributed by atoms with Crippen LogP contribution in [0.1, 0.15) is 134 Å². The van der Waals surface area contributed by atoms with Crippen LogP contribution in [0.25, 0.3) is 20.3 Å². The maximum atomic E-state index is 14.8. The first kappa shape index (κ1) is 89.9. The number of likely N-dealkylation sites (tertiary alicyclic amines) is 1. The van der Waals surface area contributed by atoms with Gasteiger partial charge in [-0.15, -0.1) is 11.3 Å². The van der Waals surface area contributed by atoms with Crippen LogP contribution in [0.2, 0.25) is 0 Å². The SMILES string of the molecule is N=C(N)NCCCC(NC(=O)[C@@H](CCCNC(=N)N)NC(=O)CCCCCNC(=O)[C@H]1C[C@H](O)CN1Cc1nc2c(sc3ccc(Br)cc32)c(=O)[nH]1)C(=O)N[C@H](CCCNC(=N)N)C(=O)NC(CCCNC(=N)N)C(=O)N[C@H](CCCNC(=N)N)C(=O)NC(CCCNC(=N)N)C(=O)N[C@H](CCCCN)C(N)=O. The van der Waals surface area contributed by atoms with Gasteiger partial charge in [0.1, 0.15) is 52.8 Å². The molecule has 38 N–H and O–H groups in total. The van der Waals surface area contributed by atoms with E-state index in [0.717, 1.165) is 14.6 Å². The number of rotatable bonds is 51. The van der Waals surface area contributed by atoms with Crippen LogP contribution in [0.4, 0.5) is 0 Å². The second-order valence-electron chi connectivity index (χ2n) is 25.9. The molecule has 1 aliphatic rings. The third kappa shape index (κ3) is 34.0. The molecule has 3 heterocycles. The maximum Gasteiger partial charge on any atom is 0.268 e. The molecule has 9 atom stereocenters. The number of unbranched alkanes of at least 4 members (excludes halogenated alkanes) is 3. The lowest BCUT2D eigenvalue weighted by Crippen LogP contribution is -2.60. The number of hydrogen-bond acceptors (Lipinski definition) is 21. The lowest BCUT2D eigenvalue weighted by atomic mass is 10.0. The Morgan fingerprint density at radius 2 is 0.880 bits per heavy atom. The minimum atomic E-state index is -1.52. The number of halogens is 1. The van der Waals surface area contributed by atoms with Crippen molar-refractivity contribution in [3.63, 3.8) is 0 Å². The summed E-state index contributed by atoms with van der Waals surface area (Å²) in [4.78, 5) is 149. The van der Waals surface area contributed by atoms with Gasteiger partial charge >= 0.3 is 0 Å². The predicted molar refractivity (Wildman–Crippen MR) is 412 cm³/mol. The van der Waals surface area contributed by atoms with E-state index in [0.29, 0.717) is 54.7 Å². The largest absolute Gasteiger partial charge is 0.392 e. The molecule has 2 aromatic heterocycles. The fourth-order valence-electron chi connectivity index (χ4n) is 11.7. The molecule has 3 unspecified atom stereocenters. The Labute approximate surface area is 636 Å². The van der Waals surface area contributed by atoms with Crippen molar-refractivity contribution in [1.82, 2.24) is 89.3 Å². The smallest absolute Gasteiger partial charge is 0.268 e. The number of aliphatic hydroxyl groups is 1. The number of β-amino-alcohol motifs (C(OH)–C–C–N with tert-alkyl or cyclic N) is 1. The maximum absolute atomic E-state index is 14.8. The van der Waals surface area contributed by atoms with Crippen LogP contribution in [-0.2, 0) is 49.7 Å². The number of benzene rings is 1. The lowest BCUT2D eigenvalue weighted by Gasteiger charge is -2.28. The summed E-state index contributed by atoms with van der Waals surface area (Å²) in [7, 11) is 0. The van der Waals surface area contributed by atoms with Crippen molar-refractivity contribution in [2.75, 3.05) is 58.9 Å². The molecule has 42 nitrogen and oxygen atoms in total. The fourth-order valence-corrected chi connectivity index (χ4v) is 13.0. The molecule has 1 saturated heterocycles. The Morgan fingerprint density at radius 1 is 0.509 bits per heavy atom. The van der Waals surface area contributed by atoms with Crippen molar-refractivity contribution in [3.05, 3.63) is 38.9 Å². The Bertz CT molecular complexity index is 3640. The van der Waals surface area contributed by atoms with E-state index in [9.17, 15) is 53.1 Å². The van der Waals surface area contributed by atoms with E-state index in [2.05, 4.69) is 95.3 Å². The average molecular weight is 1600 g/mol. The van der Waals surface area contributed by atoms with Crippen molar-refractivity contribution in [2.24, 2.45) is 45.9 Å². The molecule has 0 bridgehead atoms.